The Hall–Kier alpha value is -1.56. The Morgan fingerprint density at radius 2 is 2.00 bits per heavy atom. The molecule has 1 atom stereocenters. The quantitative estimate of drug-likeness (QED) is 0.641. The molecule has 0 saturated heterocycles. The van der Waals surface area contributed by atoms with Crippen molar-refractivity contribution >= 4 is 23.6 Å². The maximum atomic E-state index is 12.7. The zero-order valence-electron chi connectivity index (χ0n) is 10.8. The second-order valence-corrected chi connectivity index (χ2v) is 5.03. The maximum Gasteiger partial charge on any atom is 0.328 e. The average molecular weight is 285 g/mol. The first kappa shape index (κ1) is 15.5. The molecule has 0 aliphatic rings. The largest absolute Gasteiger partial charge is 0.467 e. The van der Waals surface area contributed by atoms with Gasteiger partial charge in [-0.25, -0.2) is 9.18 Å². The summed E-state index contributed by atoms with van der Waals surface area (Å²) in [6.45, 7) is 1.57. The highest BCUT2D eigenvalue weighted by atomic mass is 32.2. The topological polar surface area (TPSA) is 55.4 Å². The predicted molar refractivity (Wildman–Crippen MR) is 71.4 cm³/mol. The minimum Gasteiger partial charge on any atom is -0.467 e. The molecule has 0 aromatic heterocycles. The number of esters is 1. The van der Waals surface area contributed by atoms with Crippen molar-refractivity contribution in [3.05, 3.63) is 30.1 Å². The number of thioether (sulfide) groups is 1. The van der Waals surface area contributed by atoms with E-state index < -0.39 is 12.0 Å². The van der Waals surface area contributed by atoms with Crippen LogP contribution >= 0.6 is 11.8 Å². The van der Waals surface area contributed by atoms with Gasteiger partial charge >= 0.3 is 5.97 Å². The van der Waals surface area contributed by atoms with Gasteiger partial charge in [-0.3, -0.25) is 4.79 Å². The normalized spacial score (nSPS) is 11.7. The van der Waals surface area contributed by atoms with Gasteiger partial charge in [-0.05, 0) is 31.2 Å². The third kappa shape index (κ3) is 5.74. The number of ether oxygens (including phenoxy) is 1. The van der Waals surface area contributed by atoms with E-state index in [0.29, 0.717) is 5.75 Å². The Morgan fingerprint density at radius 1 is 1.37 bits per heavy atom. The highest BCUT2D eigenvalue weighted by molar-refractivity contribution is 7.99. The van der Waals surface area contributed by atoms with Gasteiger partial charge in [0, 0.05) is 17.1 Å². The van der Waals surface area contributed by atoms with E-state index in [1.54, 1.807) is 19.1 Å². The van der Waals surface area contributed by atoms with Gasteiger partial charge in [0.2, 0.25) is 5.91 Å². The molecule has 0 heterocycles. The lowest BCUT2D eigenvalue weighted by Crippen LogP contribution is -2.39. The van der Waals surface area contributed by atoms with Crippen LogP contribution in [0.3, 0.4) is 0 Å². The molecule has 0 aliphatic heterocycles. The molecule has 19 heavy (non-hydrogen) atoms. The second-order valence-electron chi connectivity index (χ2n) is 3.86. The highest BCUT2D eigenvalue weighted by Crippen LogP contribution is 2.18. The molecule has 0 saturated carbocycles. The van der Waals surface area contributed by atoms with Gasteiger partial charge in [-0.1, -0.05) is 0 Å². The van der Waals surface area contributed by atoms with Crippen molar-refractivity contribution in [3.63, 3.8) is 0 Å². The molecule has 0 radical (unpaired) electrons. The fourth-order valence-electron chi connectivity index (χ4n) is 1.34. The van der Waals surface area contributed by atoms with Gasteiger partial charge in [-0.2, -0.15) is 0 Å². The van der Waals surface area contributed by atoms with E-state index in [9.17, 15) is 14.0 Å². The van der Waals surface area contributed by atoms with Crippen molar-refractivity contribution in [3.8, 4) is 0 Å². The molecule has 0 fully saturated rings. The molecule has 1 unspecified atom stereocenters. The van der Waals surface area contributed by atoms with Crippen LogP contribution in [0.4, 0.5) is 4.39 Å². The van der Waals surface area contributed by atoms with Crippen molar-refractivity contribution < 1.29 is 18.7 Å². The number of hydrogen-bond donors (Lipinski definition) is 1. The predicted octanol–water partition coefficient (Wildman–Crippen LogP) is 1.99. The number of carbonyl (C=O) groups excluding carboxylic acids is 2. The van der Waals surface area contributed by atoms with Crippen LogP contribution < -0.4 is 5.32 Å². The van der Waals surface area contributed by atoms with Crippen LogP contribution in [0.15, 0.2) is 29.2 Å². The molecule has 104 valence electrons. The van der Waals surface area contributed by atoms with Crippen molar-refractivity contribution in [1.82, 2.24) is 5.32 Å². The zero-order chi connectivity index (χ0) is 14.3. The Kier molecular flexibility index (Phi) is 6.35. The fourth-order valence-corrected chi connectivity index (χ4v) is 2.19. The van der Waals surface area contributed by atoms with E-state index in [1.807, 2.05) is 0 Å². The van der Waals surface area contributed by atoms with Crippen LogP contribution in [-0.4, -0.2) is 30.8 Å². The number of rotatable bonds is 6. The van der Waals surface area contributed by atoms with E-state index >= 15 is 0 Å². The van der Waals surface area contributed by atoms with E-state index in [0.717, 1.165) is 4.90 Å². The average Bonchev–Trinajstić information content (AvgIpc) is 2.40. The summed E-state index contributed by atoms with van der Waals surface area (Å²) in [5.74, 6) is -0.410. The molecular weight excluding hydrogens is 269 g/mol. The number of amides is 1. The third-order valence-corrected chi connectivity index (χ3v) is 3.36. The standard InChI is InChI=1S/C13H16FNO3S/c1-9(13(17)18-2)15-12(16)7-8-19-11-5-3-10(14)4-6-11/h3-6,9H,7-8H2,1-2H3,(H,15,16). The Balaban J connectivity index is 2.27. The number of nitrogens with one attached hydrogen (secondary N) is 1. The van der Waals surface area contributed by atoms with Gasteiger partial charge in [0.15, 0.2) is 0 Å². The minimum atomic E-state index is -0.645. The molecule has 0 spiro atoms. The van der Waals surface area contributed by atoms with Crippen LogP contribution in [0.25, 0.3) is 0 Å². The molecule has 1 N–H and O–H groups in total. The second kappa shape index (κ2) is 7.78. The van der Waals surface area contributed by atoms with Crippen molar-refractivity contribution in [1.29, 1.82) is 0 Å². The lowest BCUT2D eigenvalue weighted by Gasteiger charge is -2.11. The number of carbonyl (C=O) groups is 2. The molecule has 0 bridgehead atoms. The molecule has 1 rings (SSSR count). The Morgan fingerprint density at radius 3 is 2.58 bits per heavy atom. The number of halogens is 1. The molecule has 0 aliphatic carbocycles. The molecule has 1 aromatic rings. The summed E-state index contributed by atoms with van der Waals surface area (Å²) in [6.07, 6.45) is 0.281. The van der Waals surface area contributed by atoms with Gasteiger partial charge < -0.3 is 10.1 Å². The van der Waals surface area contributed by atoms with Gasteiger partial charge in [0.1, 0.15) is 11.9 Å². The summed E-state index contributed by atoms with van der Waals surface area (Å²) < 4.78 is 17.2. The molecule has 4 nitrogen and oxygen atoms in total. The summed E-state index contributed by atoms with van der Waals surface area (Å²) in [7, 11) is 1.27. The monoisotopic (exact) mass is 285 g/mol. The summed E-state index contributed by atoms with van der Waals surface area (Å²) >= 11 is 1.46. The van der Waals surface area contributed by atoms with Gasteiger partial charge in [-0.15, -0.1) is 11.8 Å². The maximum absolute atomic E-state index is 12.7. The number of hydrogen-bond acceptors (Lipinski definition) is 4. The molecule has 6 heteroatoms. The fraction of sp³-hybridized carbons (Fsp3) is 0.385. The summed E-state index contributed by atoms with van der Waals surface area (Å²) in [5.41, 5.74) is 0. The van der Waals surface area contributed by atoms with Crippen molar-refractivity contribution in [2.75, 3.05) is 12.9 Å². The molecule has 1 amide bonds. The van der Waals surface area contributed by atoms with Gasteiger partial charge in [0.05, 0.1) is 7.11 Å². The van der Waals surface area contributed by atoms with E-state index in [-0.39, 0.29) is 18.1 Å². The first-order valence-electron chi connectivity index (χ1n) is 5.78. The van der Waals surface area contributed by atoms with Crippen molar-refractivity contribution in [2.24, 2.45) is 0 Å². The summed E-state index contributed by atoms with van der Waals surface area (Å²) in [6, 6.07) is 5.43. The SMILES string of the molecule is COC(=O)C(C)NC(=O)CCSc1ccc(F)cc1. The lowest BCUT2D eigenvalue weighted by atomic mass is 10.3. The first-order chi connectivity index (χ1) is 9.02. The third-order valence-electron chi connectivity index (χ3n) is 2.34. The van der Waals surface area contributed by atoms with E-state index in [2.05, 4.69) is 10.1 Å². The highest BCUT2D eigenvalue weighted by Gasteiger charge is 2.15. The lowest BCUT2D eigenvalue weighted by molar-refractivity contribution is -0.144. The summed E-state index contributed by atoms with van der Waals surface area (Å²) in [4.78, 5) is 23.5. The van der Waals surface area contributed by atoms with Crippen LogP contribution in [0.2, 0.25) is 0 Å². The van der Waals surface area contributed by atoms with Crippen LogP contribution in [0.5, 0.6) is 0 Å². The van der Waals surface area contributed by atoms with Crippen LogP contribution in [0.1, 0.15) is 13.3 Å². The van der Waals surface area contributed by atoms with Crippen molar-refractivity contribution in [2.45, 2.75) is 24.3 Å². The Bertz CT molecular complexity index is 436. The Labute approximate surface area is 115 Å². The van der Waals surface area contributed by atoms with Crippen LogP contribution in [-0.2, 0) is 14.3 Å². The summed E-state index contributed by atoms with van der Waals surface area (Å²) in [5, 5.41) is 2.54. The zero-order valence-corrected chi connectivity index (χ0v) is 11.6. The molecule has 1 aromatic carbocycles. The smallest absolute Gasteiger partial charge is 0.328 e. The number of benzene rings is 1. The molecular formula is C13H16FNO3S. The van der Waals surface area contributed by atoms with Crippen LogP contribution in [0, 0.1) is 5.82 Å². The first-order valence-corrected chi connectivity index (χ1v) is 6.77. The van der Waals surface area contributed by atoms with E-state index in [4.69, 9.17) is 0 Å². The minimum absolute atomic E-state index is 0.215. The number of methoxy groups -OCH3 is 1. The van der Waals surface area contributed by atoms with E-state index in [1.165, 1.54) is 31.0 Å². The van der Waals surface area contributed by atoms with Gasteiger partial charge in [0.25, 0.3) is 0 Å².